The largest absolute Gasteiger partial charge is 0.349 e. The SMILES string of the molecule is Cc1ccc(Cl)c(Nc2cccc(NN)c2[N+](=O)[O-])c1. The summed E-state index contributed by atoms with van der Waals surface area (Å²) in [5.41, 5.74) is 4.32. The molecule has 20 heavy (non-hydrogen) atoms. The molecule has 0 amide bonds. The maximum atomic E-state index is 11.2. The number of aryl methyl sites for hydroxylation is 1. The van der Waals surface area contributed by atoms with Crippen molar-refractivity contribution in [3.8, 4) is 0 Å². The van der Waals surface area contributed by atoms with Gasteiger partial charge in [-0.2, -0.15) is 0 Å². The highest BCUT2D eigenvalue weighted by Crippen LogP contribution is 2.36. The molecule has 2 aromatic carbocycles. The van der Waals surface area contributed by atoms with Crippen molar-refractivity contribution >= 4 is 34.4 Å². The van der Waals surface area contributed by atoms with E-state index in [-0.39, 0.29) is 11.4 Å². The Morgan fingerprint density at radius 3 is 2.55 bits per heavy atom. The molecule has 0 radical (unpaired) electrons. The third-order valence-corrected chi connectivity index (χ3v) is 3.09. The highest BCUT2D eigenvalue weighted by Gasteiger charge is 2.19. The molecule has 0 saturated heterocycles. The molecule has 2 rings (SSSR count). The fourth-order valence-corrected chi connectivity index (χ4v) is 2.00. The maximum Gasteiger partial charge on any atom is 0.316 e. The second-order valence-corrected chi connectivity index (χ2v) is 4.62. The average Bonchev–Trinajstić information content (AvgIpc) is 2.42. The Morgan fingerprint density at radius 2 is 1.90 bits per heavy atom. The molecule has 2 aromatic rings. The first-order chi connectivity index (χ1) is 9.52. The van der Waals surface area contributed by atoms with Crippen LogP contribution < -0.4 is 16.6 Å². The molecule has 7 heteroatoms. The highest BCUT2D eigenvalue weighted by molar-refractivity contribution is 6.33. The zero-order valence-electron chi connectivity index (χ0n) is 10.7. The summed E-state index contributed by atoms with van der Waals surface area (Å²) in [6, 6.07) is 10.2. The van der Waals surface area contributed by atoms with Gasteiger partial charge in [0.1, 0.15) is 11.4 Å². The normalized spacial score (nSPS) is 10.2. The Hall–Kier alpha value is -2.31. The lowest BCUT2D eigenvalue weighted by atomic mass is 10.2. The zero-order valence-corrected chi connectivity index (χ0v) is 11.4. The third-order valence-electron chi connectivity index (χ3n) is 2.77. The summed E-state index contributed by atoms with van der Waals surface area (Å²) >= 11 is 6.08. The van der Waals surface area contributed by atoms with Crippen LogP contribution in [0.4, 0.5) is 22.7 Å². The van der Waals surface area contributed by atoms with Gasteiger partial charge in [0, 0.05) is 0 Å². The second kappa shape index (κ2) is 5.77. The molecule has 0 aromatic heterocycles. The number of hydrogen-bond donors (Lipinski definition) is 3. The van der Waals surface area contributed by atoms with E-state index in [2.05, 4.69) is 10.7 Å². The number of nitrogen functional groups attached to an aromatic ring is 1. The molecule has 0 unspecified atom stereocenters. The quantitative estimate of drug-likeness (QED) is 0.455. The molecular weight excluding hydrogens is 280 g/mol. The predicted octanol–water partition coefficient (Wildman–Crippen LogP) is 3.59. The van der Waals surface area contributed by atoms with E-state index in [0.29, 0.717) is 16.4 Å². The van der Waals surface area contributed by atoms with E-state index in [0.717, 1.165) is 5.56 Å². The molecule has 0 aliphatic carbocycles. The second-order valence-electron chi connectivity index (χ2n) is 4.21. The Kier molecular flexibility index (Phi) is 4.07. The van der Waals surface area contributed by atoms with Crippen molar-refractivity contribution in [3.05, 3.63) is 57.1 Å². The Labute approximate surface area is 120 Å². The molecule has 104 valence electrons. The van der Waals surface area contributed by atoms with E-state index in [4.69, 9.17) is 17.4 Å². The van der Waals surface area contributed by atoms with Crippen LogP contribution in [0.1, 0.15) is 5.56 Å². The summed E-state index contributed by atoms with van der Waals surface area (Å²) in [5.74, 6) is 5.30. The molecule has 6 nitrogen and oxygen atoms in total. The molecule has 0 atom stereocenters. The van der Waals surface area contributed by atoms with Crippen LogP contribution >= 0.6 is 11.6 Å². The predicted molar refractivity (Wildman–Crippen MR) is 80.4 cm³/mol. The molecule has 4 N–H and O–H groups in total. The fraction of sp³-hybridized carbons (Fsp3) is 0.0769. The number of hydrogen-bond acceptors (Lipinski definition) is 5. The van der Waals surface area contributed by atoms with Crippen LogP contribution in [0.2, 0.25) is 5.02 Å². The Balaban J connectivity index is 2.48. The molecule has 0 aliphatic rings. The number of halogens is 1. The Morgan fingerprint density at radius 1 is 1.20 bits per heavy atom. The van der Waals surface area contributed by atoms with Gasteiger partial charge < -0.3 is 10.7 Å². The van der Waals surface area contributed by atoms with E-state index in [1.165, 1.54) is 6.07 Å². The van der Waals surface area contributed by atoms with Crippen molar-refractivity contribution in [1.82, 2.24) is 0 Å². The van der Waals surface area contributed by atoms with Gasteiger partial charge in [0.15, 0.2) is 0 Å². The number of para-hydroxylation sites is 1. The number of anilines is 3. The van der Waals surface area contributed by atoms with Crippen molar-refractivity contribution in [2.45, 2.75) is 6.92 Å². The van der Waals surface area contributed by atoms with E-state index in [1.54, 1.807) is 18.2 Å². The zero-order chi connectivity index (χ0) is 14.7. The van der Waals surface area contributed by atoms with Crippen LogP contribution in [0, 0.1) is 17.0 Å². The number of benzene rings is 2. The van der Waals surface area contributed by atoms with Gasteiger partial charge in [-0.15, -0.1) is 0 Å². The summed E-state index contributed by atoms with van der Waals surface area (Å²) in [5, 5.41) is 14.6. The molecule has 0 heterocycles. The first-order valence-electron chi connectivity index (χ1n) is 5.80. The maximum absolute atomic E-state index is 11.2. The minimum absolute atomic E-state index is 0.132. The van der Waals surface area contributed by atoms with Gasteiger partial charge >= 0.3 is 5.69 Å². The number of hydrazine groups is 1. The van der Waals surface area contributed by atoms with Crippen molar-refractivity contribution in [3.63, 3.8) is 0 Å². The monoisotopic (exact) mass is 292 g/mol. The molecule has 0 bridgehead atoms. The number of rotatable bonds is 4. The number of nitro groups is 1. The van der Waals surface area contributed by atoms with Crippen molar-refractivity contribution in [2.75, 3.05) is 10.7 Å². The van der Waals surface area contributed by atoms with Gasteiger partial charge in [0.05, 0.1) is 15.6 Å². The molecule has 0 fully saturated rings. The van der Waals surface area contributed by atoms with Gasteiger partial charge in [0.2, 0.25) is 0 Å². The van der Waals surface area contributed by atoms with Crippen molar-refractivity contribution in [1.29, 1.82) is 0 Å². The summed E-state index contributed by atoms with van der Waals surface area (Å²) in [6.07, 6.45) is 0. The van der Waals surface area contributed by atoms with Crippen LogP contribution in [0.5, 0.6) is 0 Å². The third kappa shape index (κ3) is 2.81. The van der Waals surface area contributed by atoms with Crippen LogP contribution in [-0.2, 0) is 0 Å². The van der Waals surface area contributed by atoms with Gasteiger partial charge in [-0.05, 0) is 36.8 Å². The highest BCUT2D eigenvalue weighted by atomic mass is 35.5. The van der Waals surface area contributed by atoms with E-state index >= 15 is 0 Å². The number of nitrogens with one attached hydrogen (secondary N) is 2. The van der Waals surface area contributed by atoms with Gasteiger partial charge in [-0.25, -0.2) is 0 Å². The topological polar surface area (TPSA) is 93.2 Å². The van der Waals surface area contributed by atoms with Crippen molar-refractivity contribution < 1.29 is 4.92 Å². The average molecular weight is 293 g/mol. The van der Waals surface area contributed by atoms with Gasteiger partial charge in [-0.3, -0.25) is 16.0 Å². The van der Waals surface area contributed by atoms with Gasteiger partial charge in [0.25, 0.3) is 0 Å². The van der Waals surface area contributed by atoms with E-state index in [1.807, 2.05) is 19.1 Å². The summed E-state index contributed by atoms with van der Waals surface area (Å²) in [7, 11) is 0. The van der Waals surface area contributed by atoms with Crippen LogP contribution in [-0.4, -0.2) is 4.92 Å². The molecule has 0 aliphatic heterocycles. The number of nitrogens with two attached hydrogens (primary N) is 1. The fourth-order valence-electron chi connectivity index (χ4n) is 1.84. The summed E-state index contributed by atoms with van der Waals surface area (Å²) in [4.78, 5) is 10.7. The summed E-state index contributed by atoms with van der Waals surface area (Å²) < 4.78 is 0. The molecule has 0 spiro atoms. The minimum Gasteiger partial charge on any atom is -0.349 e. The lowest BCUT2D eigenvalue weighted by Gasteiger charge is -2.11. The molecular formula is C13H13ClN4O2. The standard InChI is InChI=1S/C13H13ClN4O2/c1-8-5-6-9(14)12(7-8)16-10-3-2-4-11(17-15)13(10)18(19)20/h2-7,16-17H,15H2,1H3. The van der Waals surface area contributed by atoms with Crippen LogP contribution in [0.25, 0.3) is 0 Å². The lowest BCUT2D eigenvalue weighted by molar-refractivity contribution is -0.383. The first kappa shape index (κ1) is 14.1. The number of nitro benzene ring substituents is 1. The van der Waals surface area contributed by atoms with Crippen molar-refractivity contribution in [2.24, 2.45) is 5.84 Å². The smallest absolute Gasteiger partial charge is 0.316 e. The van der Waals surface area contributed by atoms with Crippen LogP contribution in [0.3, 0.4) is 0 Å². The summed E-state index contributed by atoms with van der Waals surface area (Å²) in [6.45, 7) is 1.91. The van der Waals surface area contributed by atoms with Crippen LogP contribution in [0.15, 0.2) is 36.4 Å². The Bertz CT molecular complexity index is 661. The van der Waals surface area contributed by atoms with Gasteiger partial charge in [-0.1, -0.05) is 23.7 Å². The lowest BCUT2D eigenvalue weighted by Crippen LogP contribution is -2.10. The van der Waals surface area contributed by atoms with E-state index < -0.39 is 4.92 Å². The first-order valence-corrected chi connectivity index (χ1v) is 6.18. The molecule has 0 saturated carbocycles. The number of nitrogens with zero attached hydrogens (tertiary/aromatic N) is 1. The minimum atomic E-state index is -0.499. The van der Waals surface area contributed by atoms with E-state index in [9.17, 15) is 10.1 Å².